The highest BCUT2D eigenvalue weighted by Crippen LogP contribution is 2.55. The van der Waals surface area contributed by atoms with E-state index in [1.807, 2.05) is 0 Å². The molecule has 0 aromatic rings. The monoisotopic (exact) mass is 370 g/mol. The van der Waals surface area contributed by atoms with Crippen molar-refractivity contribution in [3.63, 3.8) is 0 Å². The van der Waals surface area contributed by atoms with E-state index in [1.54, 1.807) is 6.92 Å². The Hall–Kier alpha value is -1.36. The molecule has 0 saturated carbocycles. The molecular weight excluding hydrogens is 332 g/mol. The molecular formula is C20H38O4Si. The molecule has 0 fully saturated rings. The van der Waals surface area contributed by atoms with E-state index in [2.05, 4.69) is 68.5 Å². The van der Waals surface area contributed by atoms with Gasteiger partial charge in [-0.15, -0.1) is 0 Å². The molecule has 146 valence electrons. The molecule has 0 radical (unpaired) electrons. The summed E-state index contributed by atoms with van der Waals surface area (Å²) in [4.78, 5) is 21.7. The van der Waals surface area contributed by atoms with Gasteiger partial charge >= 0.3 is 11.9 Å². The van der Waals surface area contributed by atoms with E-state index in [9.17, 15) is 9.59 Å². The molecule has 4 nitrogen and oxygen atoms in total. The van der Waals surface area contributed by atoms with Crippen molar-refractivity contribution in [2.45, 2.75) is 85.4 Å². The van der Waals surface area contributed by atoms with E-state index in [0.717, 1.165) is 0 Å². The summed E-state index contributed by atoms with van der Waals surface area (Å²) in [6, 6.07) is 0. The standard InChI is InChI=1S/C16H32O2Si.C4H6O2/c1-11(2)15(17)18-19(13(5)6,14(7)8)16(9,10)12(3)4;1-3(2)4(5)6/h12-14H,1H2,2-10H3;1H2,2H3,(H,5,6). The second-order valence-corrected chi connectivity index (χ2v) is 13.6. The molecule has 0 amide bonds. The van der Waals surface area contributed by atoms with Gasteiger partial charge in [0, 0.05) is 11.1 Å². The van der Waals surface area contributed by atoms with Gasteiger partial charge in [0.25, 0.3) is 8.32 Å². The van der Waals surface area contributed by atoms with Crippen LogP contribution in [0, 0.1) is 5.92 Å². The van der Waals surface area contributed by atoms with Gasteiger partial charge in [0.05, 0.1) is 0 Å². The van der Waals surface area contributed by atoms with E-state index in [-0.39, 0.29) is 16.6 Å². The highest BCUT2D eigenvalue weighted by molar-refractivity contribution is 6.80. The summed E-state index contributed by atoms with van der Waals surface area (Å²) in [6.45, 7) is 27.8. The Balaban J connectivity index is 0. The summed E-state index contributed by atoms with van der Waals surface area (Å²) in [7, 11) is -2.28. The number of rotatable bonds is 7. The third-order valence-electron chi connectivity index (χ3n) is 5.14. The van der Waals surface area contributed by atoms with Gasteiger partial charge in [-0.3, -0.25) is 0 Å². The molecule has 1 N–H and O–H groups in total. The van der Waals surface area contributed by atoms with Crippen LogP contribution in [0.5, 0.6) is 0 Å². The predicted molar refractivity (Wildman–Crippen MR) is 108 cm³/mol. The fourth-order valence-corrected chi connectivity index (χ4v) is 9.64. The van der Waals surface area contributed by atoms with E-state index >= 15 is 0 Å². The molecule has 0 aliphatic carbocycles. The van der Waals surface area contributed by atoms with Gasteiger partial charge < -0.3 is 9.53 Å². The van der Waals surface area contributed by atoms with E-state index < -0.39 is 14.3 Å². The van der Waals surface area contributed by atoms with Crippen LogP contribution in [0.1, 0.15) is 69.2 Å². The van der Waals surface area contributed by atoms with E-state index in [4.69, 9.17) is 9.53 Å². The number of carboxylic acids is 1. The first-order chi connectivity index (χ1) is 11.1. The maximum Gasteiger partial charge on any atom is 0.330 e. The Morgan fingerprint density at radius 3 is 1.40 bits per heavy atom. The van der Waals surface area contributed by atoms with Crippen molar-refractivity contribution >= 4 is 20.3 Å². The lowest BCUT2D eigenvalue weighted by atomic mass is 9.99. The van der Waals surface area contributed by atoms with E-state index in [0.29, 0.717) is 22.6 Å². The zero-order valence-corrected chi connectivity index (χ0v) is 18.8. The fourth-order valence-electron chi connectivity index (χ4n) is 3.21. The van der Waals surface area contributed by atoms with Crippen molar-refractivity contribution in [1.82, 2.24) is 0 Å². The first kappa shape index (κ1) is 25.9. The van der Waals surface area contributed by atoms with Crippen molar-refractivity contribution in [2.24, 2.45) is 5.92 Å². The lowest BCUT2D eigenvalue weighted by molar-refractivity contribution is -0.133. The third kappa shape index (κ3) is 6.46. The summed E-state index contributed by atoms with van der Waals surface area (Å²) in [5.41, 5.74) is 1.44. The Bertz CT molecular complexity index is 482. The summed E-state index contributed by atoms with van der Waals surface area (Å²) < 4.78 is 6.15. The quantitative estimate of drug-likeness (QED) is 0.444. The topological polar surface area (TPSA) is 63.6 Å². The average molecular weight is 371 g/mol. The van der Waals surface area contributed by atoms with Crippen molar-refractivity contribution in [3.8, 4) is 0 Å². The highest BCUT2D eigenvalue weighted by atomic mass is 28.4. The maximum atomic E-state index is 12.1. The molecule has 0 aromatic heterocycles. The predicted octanol–water partition coefficient (Wildman–Crippen LogP) is 5.95. The first-order valence-electron chi connectivity index (χ1n) is 8.83. The molecule has 0 saturated heterocycles. The number of carbonyl (C=O) groups is 2. The minimum atomic E-state index is -2.28. The molecule has 0 unspecified atom stereocenters. The van der Waals surface area contributed by atoms with E-state index in [1.165, 1.54) is 6.92 Å². The maximum absolute atomic E-state index is 12.1. The Morgan fingerprint density at radius 2 is 1.24 bits per heavy atom. The zero-order chi connectivity index (χ0) is 20.7. The molecule has 0 spiro atoms. The molecule has 0 heterocycles. The lowest BCUT2D eigenvalue weighted by Gasteiger charge is -2.51. The molecule has 0 rings (SSSR count). The summed E-state index contributed by atoms with van der Waals surface area (Å²) in [5.74, 6) is -0.681. The van der Waals surface area contributed by atoms with Crippen LogP contribution in [-0.4, -0.2) is 25.4 Å². The molecule has 0 aliphatic heterocycles. The molecule has 5 heteroatoms. The Morgan fingerprint density at radius 1 is 0.920 bits per heavy atom. The van der Waals surface area contributed by atoms with Gasteiger partial charge in [-0.25, -0.2) is 9.59 Å². The summed E-state index contributed by atoms with van der Waals surface area (Å²) in [6.07, 6.45) is 0. The lowest BCUT2D eigenvalue weighted by Crippen LogP contribution is -2.56. The minimum absolute atomic E-state index is 0.0282. The first-order valence-corrected chi connectivity index (χ1v) is 10.9. The zero-order valence-electron chi connectivity index (χ0n) is 17.8. The third-order valence-corrected chi connectivity index (χ3v) is 11.7. The molecule has 0 atom stereocenters. The minimum Gasteiger partial charge on any atom is -0.515 e. The molecule has 0 bridgehead atoms. The van der Waals surface area contributed by atoms with Crippen LogP contribution in [0.2, 0.25) is 16.1 Å². The summed E-state index contributed by atoms with van der Waals surface area (Å²) in [5, 5.41) is 7.92. The molecule has 0 aliphatic rings. The number of hydrogen-bond acceptors (Lipinski definition) is 3. The van der Waals surface area contributed by atoms with Crippen LogP contribution in [0.15, 0.2) is 24.3 Å². The average Bonchev–Trinajstić information content (AvgIpc) is 2.43. The number of carboxylic acid groups (broad SMARTS) is 1. The van der Waals surface area contributed by atoms with Crippen LogP contribution in [0.4, 0.5) is 0 Å². The van der Waals surface area contributed by atoms with Crippen LogP contribution in [-0.2, 0) is 14.0 Å². The van der Waals surface area contributed by atoms with Gasteiger partial charge in [0.15, 0.2) is 0 Å². The normalized spacial score (nSPS) is 11.9. The number of aliphatic carboxylic acids is 1. The Labute approximate surface area is 155 Å². The number of carbonyl (C=O) groups excluding carboxylic acids is 1. The van der Waals surface area contributed by atoms with Crippen molar-refractivity contribution < 1.29 is 19.1 Å². The van der Waals surface area contributed by atoms with Gasteiger partial charge in [0.1, 0.15) is 0 Å². The van der Waals surface area contributed by atoms with Gasteiger partial charge in [-0.2, -0.15) is 0 Å². The SMILES string of the molecule is C=C(C)C(=O)O.C=C(C)C(=O)O[Si](C(C)C)(C(C)C)C(C)(C)C(C)C. The molecule has 0 aromatic carbocycles. The Kier molecular flexibility index (Phi) is 10.3. The van der Waals surface area contributed by atoms with Gasteiger partial charge in [-0.05, 0) is 35.9 Å². The highest BCUT2D eigenvalue weighted by Gasteiger charge is 2.57. The van der Waals surface area contributed by atoms with Gasteiger partial charge in [0.2, 0.25) is 0 Å². The van der Waals surface area contributed by atoms with Crippen molar-refractivity contribution in [3.05, 3.63) is 24.3 Å². The number of hydrogen-bond donors (Lipinski definition) is 1. The van der Waals surface area contributed by atoms with Crippen LogP contribution >= 0.6 is 0 Å². The van der Waals surface area contributed by atoms with Crippen molar-refractivity contribution in [2.75, 3.05) is 0 Å². The molecule has 25 heavy (non-hydrogen) atoms. The smallest absolute Gasteiger partial charge is 0.330 e. The fraction of sp³-hybridized carbons (Fsp3) is 0.700. The largest absolute Gasteiger partial charge is 0.515 e. The van der Waals surface area contributed by atoms with Crippen LogP contribution in [0.3, 0.4) is 0 Å². The van der Waals surface area contributed by atoms with Crippen LogP contribution in [0.25, 0.3) is 0 Å². The summed E-state index contributed by atoms with van der Waals surface area (Å²) >= 11 is 0. The second kappa shape index (κ2) is 9.95. The second-order valence-electron chi connectivity index (χ2n) is 8.23. The van der Waals surface area contributed by atoms with Crippen molar-refractivity contribution in [1.29, 1.82) is 0 Å². The van der Waals surface area contributed by atoms with Gasteiger partial charge in [-0.1, -0.05) is 68.5 Å². The van der Waals surface area contributed by atoms with Crippen LogP contribution < -0.4 is 0 Å².